The topological polar surface area (TPSA) is 87.4 Å². The molecule has 0 radical (unpaired) electrons. The highest BCUT2D eigenvalue weighted by molar-refractivity contribution is 5.42. The maximum absolute atomic E-state index is 9.98. The summed E-state index contributed by atoms with van der Waals surface area (Å²) >= 11 is 0. The van der Waals surface area contributed by atoms with E-state index in [2.05, 4.69) is 10.3 Å². The van der Waals surface area contributed by atoms with E-state index in [4.69, 9.17) is 9.47 Å². The monoisotopic (exact) mass is 355 g/mol. The Bertz CT molecular complexity index is 736. The van der Waals surface area contributed by atoms with E-state index in [1.54, 1.807) is 6.07 Å². The molecule has 26 heavy (non-hydrogen) atoms. The van der Waals surface area contributed by atoms with E-state index in [0.29, 0.717) is 18.9 Å². The number of ether oxygens (including phenoxy) is 2. The highest BCUT2D eigenvalue weighted by atomic mass is 16.5. The molecule has 1 aromatic carbocycles. The minimum atomic E-state index is -0.698. The summed E-state index contributed by atoms with van der Waals surface area (Å²) in [5.74, 6) is 0.682. The van der Waals surface area contributed by atoms with Gasteiger partial charge in [-0.3, -0.25) is 0 Å². The van der Waals surface area contributed by atoms with Crippen LogP contribution >= 0.6 is 0 Å². The third kappa shape index (κ3) is 6.71. The third-order valence-corrected chi connectivity index (χ3v) is 3.48. The number of β-amino-alcohol motifs (C(OH)–C–C–N with tert-alkyl or cyclic N) is 1. The van der Waals surface area contributed by atoms with E-state index in [-0.39, 0.29) is 23.6 Å². The lowest BCUT2D eigenvalue weighted by Crippen LogP contribution is -2.42. The van der Waals surface area contributed by atoms with Crippen LogP contribution < -0.4 is 14.8 Å². The number of hydrogen-bond donors (Lipinski definition) is 2. The normalized spacial score (nSPS) is 12.3. The molecule has 0 saturated carbocycles. The lowest BCUT2D eigenvalue weighted by atomic mass is 10.1. The van der Waals surface area contributed by atoms with Crippen molar-refractivity contribution in [2.75, 3.05) is 13.2 Å². The molecule has 0 unspecified atom stereocenters. The number of nitrogens with zero attached hydrogens (tertiary/aromatic N) is 2. The fourth-order valence-corrected chi connectivity index (χ4v) is 2.11. The minimum Gasteiger partial charge on any atom is -0.487 e. The number of pyridine rings is 1. The Labute approximate surface area is 154 Å². The number of nitriles is 1. The molecule has 0 aliphatic carbocycles. The Balaban J connectivity index is 1.90. The molecule has 6 nitrogen and oxygen atoms in total. The molecule has 0 spiro atoms. The fraction of sp³-hybridized carbons (Fsp3) is 0.400. The van der Waals surface area contributed by atoms with Gasteiger partial charge in [-0.1, -0.05) is 30.3 Å². The SMILES string of the molecule is CC(C)(C)NC[C@H](O)COc1ncc(OCc2ccccc2)cc1C#N. The van der Waals surface area contributed by atoms with Gasteiger partial charge in [0.05, 0.1) is 6.20 Å². The maximum atomic E-state index is 9.98. The molecule has 1 aromatic heterocycles. The molecule has 0 bridgehead atoms. The number of rotatable bonds is 8. The van der Waals surface area contributed by atoms with Gasteiger partial charge >= 0.3 is 0 Å². The van der Waals surface area contributed by atoms with Crippen LogP contribution in [-0.2, 0) is 6.61 Å². The molecular formula is C20H25N3O3. The average molecular weight is 355 g/mol. The molecule has 138 valence electrons. The molecule has 0 aliphatic rings. The largest absolute Gasteiger partial charge is 0.487 e. The maximum Gasteiger partial charge on any atom is 0.231 e. The van der Waals surface area contributed by atoms with Gasteiger partial charge in [-0.05, 0) is 26.3 Å². The van der Waals surface area contributed by atoms with Crippen LogP contribution in [0.3, 0.4) is 0 Å². The fourth-order valence-electron chi connectivity index (χ4n) is 2.11. The van der Waals surface area contributed by atoms with Crippen molar-refractivity contribution in [2.45, 2.75) is 39.0 Å². The Morgan fingerprint density at radius 1 is 1.23 bits per heavy atom. The van der Waals surface area contributed by atoms with Gasteiger partial charge in [0, 0.05) is 18.2 Å². The molecule has 0 fully saturated rings. The Morgan fingerprint density at radius 3 is 2.62 bits per heavy atom. The van der Waals surface area contributed by atoms with Crippen LogP contribution in [0.1, 0.15) is 31.9 Å². The van der Waals surface area contributed by atoms with Crippen LogP contribution in [0.5, 0.6) is 11.6 Å². The first-order valence-electron chi connectivity index (χ1n) is 8.50. The van der Waals surface area contributed by atoms with E-state index in [1.165, 1.54) is 6.20 Å². The number of aromatic nitrogens is 1. The Morgan fingerprint density at radius 2 is 1.96 bits per heavy atom. The highest BCUT2D eigenvalue weighted by Crippen LogP contribution is 2.21. The van der Waals surface area contributed by atoms with Crippen molar-refractivity contribution in [1.82, 2.24) is 10.3 Å². The quantitative estimate of drug-likeness (QED) is 0.757. The van der Waals surface area contributed by atoms with Gasteiger partial charge in [0.25, 0.3) is 0 Å². The van der Waals surface area contributed by atoms with Gasteiger partial charge in [-0.25, -0.2) is 4.98 Å². The predicted octanol–water partition coefficient (Wildman–Crippen LogP) is 2.66. The first-order chi connectivity index (χ1) is 12.4. The minimum absolute atomic E-state index is 0.0506. The summed E-state index contributed by atoms with van der Waals surface area (Å²) in [6, 6.07) is 13.4. The summed E-state index contributed by atoms with van der Waals surface area (Å²) in [5.41, 5.74) is 1.21. The van der Waals surface area contributed by atoms with E-state index >= 15 is 0 Å². The number of aliphatic hydroxyl groups excluding tert-OH is 1. The van der Waals surface area contributed by atoms with Gasteiger partial charge in [-0.2, -0.15) is 5.26 Å². The summed E-state index contributed by atoms with van der Waals surface area (Å²) in [7, 11) is 0. The molecule has 0 aliphatic heterocycles. The third-order valence-electron chi connectivity index (χ3n) is 3.48. The molecule has 2 aromatic rings. The molecule has 6 heteroatoms. The van der Waals surface area contributed by atoms with Crippen LogP contribution in [0.15, 0.2) is 42.6 Å². The summed E-state index contributed by atoms with van der Waals surface area (Å²) in [6.07, 6.45) is 0.815. The smallest absolute Gasteiger partial charge is 0.231 e. The second-order valence-electron chi connectivity index (χ2n) is 7.01. The zero-order valence-electron chi connectivity index (χ0n) is 15.4. The zero-order chi connectivity index (χ0) is 19.0. The summed E-state index contributed by atoms with van der Waals surface area (Å²) in [6.45, 7) is 6.89. The highest BCUT2D eigenvalue weighted by Gasteiger charge is 2.14. The number of benzene rings is 1. The van der Waals surface area contributed by atoms with Crippen LogP contribution in [0, 0.1) is 11.3 Å². The molecule has 1 heterocycles. The number of nitrogens with one attached hydrogen (secondary N) is 1. The second-order valence-corrected chi connectivity index (χ2v) is 7.01. The van der Waals surface area contributed by atoms with Crippen molar-refractivity contribution in [1.29, 1.82) is 5.26 Å². The molecule has 1 atom stereocenters. The Hall–Kier alpha value is -2.62. The van der Waals surface area contributed by atoms with E-state index in [9.17, 15) is 10.4 Å². The zero-order valence-corrected chi connectivity index (χ0v) is 15.4. The lowest BCUT2D eigenvalue weighted by molar-refractivity contribution is 0.0975. The van der Waals surface area contributed by atoms with Gasteiger partial charge in [0.1, 0.15) is 36.7 Å². The van der Waals surface area contributed by atoms with Gasteiger partial charge in [0.2, 0.25) is 5.88 Å². The molecule has 2 N–H and O–H groups in total. The van der Waals surface area contributed by atoms with E-state index < -0.39 is 6.10 Å². The lowest BCUT2D eigenvalue weighted by Gasteiger charge is -2.22. The van der Waals surface area contributed by atoms with Crippen molar-refractivity contribution in [3.05, 3.63) is 53.7 Å². The molecular weight excluding hydrogens is 330 g/mol. The van der Waals surface area contributed by atoms with Crippen molar-refractivity contribution >= 4 is 0 Å². The number of hydrogen-bond acceptors (Lipinski definition) is 6. The van der Waals surface area contributed by atoms with E-state index in [1.807, 2.05) is 57.2 Å². The van der Waals surface area contributed by atoms with Gasteiger partial charge in [-0.15, -0.1) is 0 Å². The summed E-state index contributed by atoms with van der Waals surface area (Å²) in [5, 5.41) is 22.5. The van der Waals surface area contributed by atoms with Crippen LogP contribution in [0.2, 0.25) is 0 Å². The van der Waals surface area contributed by atoms with Crippen molar-refractivity contribution in [2.24, 2.45) is 0 Å². The van der Waals surface area contributed by atoms with Crippen molar-refractivity contribution in [3.8, 4) is 17.7 Å². The predicted molar refractivity (Wildman–Crippen MR) is 99.0 cm³/mol. The molecule has 0 amide bonds. The molecule has 2 rings (SSSR count). The van der Waals surface area contributed by atoms with Crippen LogP contribution in [0.25, 0.3) is 0 Å². The second kappa shape index (κ2) is 9.18. The van der Waals surface area contributed by atoms with Crippen molar-refractivity contribution < 1.29 is 14.6 Å². The van der Waals surface area contributed by atoms with Gasteiger partial charge < -0.3 is 19.9 Å². The standard InChI is InChI=1S/C20H25N3O3/c1-20(2,3)23-11-17(24)14-26-19-16(10-21)9-18(12-22-19)25-13-15-7-5-4-6-8-15/h4-9,12,17,23-24H,11,13-14H2,1-3H3/t17-/m0/s1. The van der Waals surface area contributed by atoms with Crippen molar-refractivity contribution in [3.63, 3.8) is 0 Å². The van der Waals surface area contributed by atoms with Crippen LogP contribution in [-0.4, -0.2) is 34.9 Å². The average Bonchev–Trinajstić information content (AvgIpc) is 2.63. The first kappa shape index (κ1) is 19.7. The summed E-state index contributed by atoms with van der Waals surface area (Å²) < 4.78 is 11.2. The van der Waals surface area contributed by atoms with Crippen LogP contribution in [0.4, 0.5) is 0 Å². The Kier molecular flexibility index (Phi) is 6.96. The van der Waals surface area contributed by atoms with E-state index in [0.717, 1.165) is 5.56 Å². The van der Waals surface area contributed by atoms with Gasteiger partial charge in [0.15, 0.2) is 0 Å². The summed E-state index contributed by atoms with van der Waals surface area (Å²) in [4.78, 5) is 4.14. The number of aliphatic hydroxyl groups is 1. The molecule has 0 saturated heterocycles. The first-order valence-corrected chi connectivity index (χ1v) is 8.50.